The van der Waals surface area contributed by atoms with E-state index in [1.165, 1.54) is 18.2 Å². The third-order valence-electron chi connectivity index (χ3n) is 3.61. The van der Waals surface area contributed by atoms with Gasteiger partial charge in [-0.3, -0.25) is 4.79 Å². The van der Waals surface area contributed by atoms with Gasteiger partial charge in [-0.25, -0.2) is 0 Å². The quantitative estimate of drug-likeness (QED) is 0.617. The van der Waals surface area contributed by atoms with Gasteiger partial charge in [0, 0.05) is 5.02 Å². The van der Waals surface area contributed by atoms with Crippen LogP contribution in [-0.2, 0) is 0 Å². The first kappa shape index (κ1) is 14.5. The number of carbonyl (C=O) groups is 1. The van der Waals surface area contributed by atoms with Crippen molar-refractivity contribution in [2.75, 3.05) is 0 Å². The molecule has 0 saturated heterocycles. The molecule has 0 spiro atoms. The molecule has 4 nitrogen and oxygen atoms in total. The molecular weight excluding hydrogens is 304 g/mol. The number of Topliss-reactive ketones (excluding diaryl/α,β-unsaturated/α-hetero) is 1. The van der Waals surface area contributed by atoms with Gasteiger partial charge in [0.15, 0.2) is 17.3 Å². The Labute approximate surface area is 132 Å². The molecule has 2 aromatic carbocycles. The first-order valence-electron chi connectivity index (χ1n) is 6.64. The average molecular weight is 317 g/mol. The van der Waals surface area contributed by atoms with E-state index >= 15 is 0 Å². The summed E-state index contributed by atoms with van der Waals surface area (Å²) in [5, 5.41) is 19.4. The lowest BCUT2D eigenvalue weighted by molar-refractivity contribution is 0.101. The molecule has 5 heteroatoms. The molecule has 0 amide bonds. The number of allylic oxidation sites excluding steroid dienone is 1. The number of rotatable bonds is 1. The molecule has 112 valence electrons. The first-order valence-corrected chi connectivity index (χ1v) is 7.02. The molecule has 0 saturated carbocycles. The maximum atomic E-state index is 12.5. The standard InChI is InChI=1S/C17H13ClO4/c1-8-5-13-15(9(2)16(8)18)17(21)14(22-13)7-10-3-4-11(19)12(20)6-10/h3-7,19-20H,1-2H3/b14-7-. The Morgan fingerprint density at radius 2 is 1.86 bits per heavy atom. The lowest BCUT2D eigenvalue weighted by Crippen LogP contribution is -2.00. The first-order chi connectivity index (χ1) is 10.4. The molecular formula is C17H13ClO4. The minimum absolute atomic E-state index is 0.157. The van der Waals surface area contributed by atoms with Crippen LogP contribution in [-0.4, -0.2) is 16.0 Å². The highest BCUT2D eigenvalue weighted by Crippen LogP contribution is 2.39. The summed E-state index contributed by atoms with van der Waals surface area (Å²) < 4.78 is 5.62. The third kappa shape index (κ3) is 2.22. The molecule has 0 bridgehead atoms. The van der Waals surface area contributed by atoms with E-state index in [1.54, 1.807) is 19.1 Å². The minimum Gasteiger partial charge on any atom is -0.504 e. The largest absolute Gasteiger partial charge is 0.504 e. The average Bonchev–Trinajstić information content (AvgIpc) is 2.77. The number of fused-ring (bicyclic) bond motifs is 1. The summed E-state index contributed by atoms with van der Waals surface area (Å²) in [6.07, 6.45) is 1.52. The summed E-state index contributed by atoms with van der Waals surface area (Å²) in [4.78, 5) is 12.5. The number of ether oxygens (including phenoxy) is 1. The summed E-state index contributed by atoms with van der Waals surface area (Å²) >= 11 is 6.18. The second-order valence-corrected chi connectivity index (χ2v) is 5.57. The van der Waals surface area contributed by atoms with E-state index in [2.05, 4.69) is 0 Å². The van der Waals surface area contributed by atoms with E-state index in [0.29, 0.717) is 27.5 Å². The van der Waals surface area contributed by atoms with Gasteiger partial charge in [0.05, 0.1) is 5.56 Å². The van der Waals surface area contributed by atoms with Crippen molar-refractivity contribution in [3.05, 3.63) is 57.3 Å². The Morgan fingerprint density at radius 3 is 2.55 bits per heavy atom. The molecule has 3 rings (SSSR count). The number of aryl methyl sites for hydroxylation is 1. The fourth-order valence-electron chi connectivity index (χ4n) is 2.45. The van der Waals surface area contributed by atoms with Crippen LogP contribution >= 0.6 is 11.6 Å². The van der Waals surface area contributed by atoms with E-state index in [-0.39, 0.29) is 23.0 Å². The maximum Gasteiger partial charge on any atom is 0.232 e. The molecule has 0 atom stereocenters. The molecule has 2 aromatic rings. The molecule has 1 heterocycles. The highest BCUT2D eigenvalue weighted by atomic mass is 35.5. The summed E-state index contributed by atoms with van der Waals surface area (Å²) in [5.74, 6) is -0.0831. The van der Waals surface area contributed by atoms with Crippen molar-refractivity contribution in [3.8, 4) is 17.2 Å². The lowest BCUT2D eigenvalue weighted by Gasteiger charge is -2.05. The van der Waals surface area contributed by atoms with Crippen molar-refractivity contribution in [1.82, 2.24) is 0 Å². The number of phenolic OH excluding ortho intramolecular Hbond substituents is 2. The van der Waals surface area contributed by atoms with Crippen LogP contribution in [0.25, 0.3) is 6.08 Å². The van der Waals surface area contributed by atoms with Crippen LogP contribution in [0.1, 0.15) is 27.0 Å². The predicted molar refractivity (Wildman–Crippen MR) is 83.6 cm³/mol. The molecule has 0 aliphatic carbocycles. The van der Waals surface area contributed by atoms with Gasteiger partial charge in [0.25, 0.3) is 0 Å². The summed E-state index contributed by atoms with van der Waals surface area (Å²) in [6.45, 7) is 3.63. The van der Waals surface area contributed by atoms with Gasteiger partial charge in [0.1, 0.15) is 5.75 Å². The van der Waals surface area contributed by atoms with Crippen LogP contribution in [0.15, 0.2) is 30.0 Å². The fraction of sp³-hybridized carbons (Fsp3) is 0.118. The molecule has 1 aliphatic heterocycles. The van der Waals surface area contributed by atoms with Gasteiger partial charge in [-0.15, -0.1) is 0 Å². The van der Waals surface area contributed by atoms with Gasteiger partial charge in [0.2, 0.25) is 5.78 Å². The highest BCUT2D eigenvalue weighted by Gasteiger charge is 2.30. The van der Waals surface area contributed by atoms with Crippen molar-refractivity contribution >= 4 is 23.5 Å². The Bertz CT molecular complexity index is 837. The van der Waals surface area contributed by atoms with Crippen LogP contribution in [0.2, 0.25) is 5.02 Å². The molecule has 0 aromatic heterocycles. The molecule has 2 N–H and O–H groups in total. The second kappa shape index (κ2) is 5.07. The topological polar surface area (TPSA) is 66.8 Å². The molecule has 0 radical (unpaired) electrons. The Morgan fingerprint density at radius 1 is 1.14 bits per heavy atom. The Balaban J connectivity index is 2.05. The van der Waals surface area contributed by atoms with Crippen LogP contribution in [0.3, 0.4) is 0 Å². The van der Waals surface area contributed by atoms with Gasteiger partial charge >= 0.3 is 0 Å². The second-order valence-electron chi connectivity index (χ2n) is 5.19. The number of ketones is 1. The summed E-state index contributed by atoms with van der Waals surface area (Å²) in [7, 11) is 0. The smallest absolute Gasteiger partial charge is 0.232 e. The van der Waals surface area contributed by atoms with Crippen molar-refractivity contribution in [2.45, 2.75) is 13.8 Å². The lowest BCUT2D eigenvalue weighted by atomic mass is 10.0. The van der Waals surface area contributed by atoms with Crippen LogP contribution in [0.4, 0.5) is 0 Å². The van der Waals surface area contributed by atoms with E-state index in [4.69, 9.17) is 16.3 Å². The van der Waals surface area contributed by atoms with Crippen molar-refractivity contribution in [3.63, 3.8) is 0 Å². The predicted octanol–water partition coefficient (Wildman–Crippen LogP) is 3.98. The molecule has 0 unspecified atom stereocenters. The van der Waals surface area contributed by atoms with E-state index in [0.717, 1.165) is 5.56 Å². The zero-order valence-corrected chi connectivity index (χ0v) is 12.7. The van der Waals surface area contributed by atoms with Crippen LogP contribution in [0, 0.1) is 13.8 Å². The number of hydrogen-bond donors (Lipinski definition) is 2. The van der Waals surface area contributed by atoms with Gasteiger partial charge in [-0.2, -0.15) is 0 Å². The molecule has 22 heavy (non-hydrogen) atoms. The zero-order valence-electron chi connectivity index (χ0n) is 12.0. The number of hydrogen-bond acceptors (Lipinski definition) is 4. The minimum atomic E-state index is -0.257. The number of carbonyl (C=O) groups excluding carboxylic acids is 1. The van der Waals surface area contributed by atoms with Gasteiger partial charge in [-0.1, -0.05) is 17.7 Å². The number of halogens is 1. The highest BCUT2D eigenvalue weighted by molar-refractivity contribution is 6.33. The van der Waals surface area contributed by atoms with Gasteiger partial charge < -0.3 is 14.9 Å². The zero-order chi connectivity index (χ0) is 16.0. The van der Waals surface area contributed by atoms with Crippen LogP contribution in [0.5, 0.6) is 17.2 Å². The van der Waals surface area contributed by atoms with Crippen LogP contribution < -0.4 is 4.74 Å². The third-order valence-corrected chi connectivity index (χ3v) is 4.19. The van der Waals surface area contributed by atoms with Crippen molar-refractivity contribution < 1.29 is 19.7 Å². The van der Waals surface area contributed by atoms with E-state index in [1.807, 2.05) is 6.92 Å². The van der Waals surface area contributed by atoms with Gasteiger partial charge in [-0.05, 0) is 54.8 Å². The number of benzene rings is 2. The Hall–Kier alpha value is -2.46. The Kier molecular flexibility index (Phi) is 3.34. The SMILES string of the molecule is Cc1cc2c(c(C)c1Cl)C(=O)/C(=C/c1ccc(O)c(O)c1)O2. The van der Waals surface area contributed by atoms with E-state index < -0.39 is 0 Å². The number of aromatic hydroxyl groups is 2. The van der Waals surface area contributed by atoms with Crippen molar-refractivity contribution in [1.29, 1.82) is 0 Å². The monoisotopic (exact) mass is 316 g/mol. The normalized spacial score (nSPS) is 15.0. The fourth-order valence-corrected chi connectivity index (χ4v) is 2.60. The number of phenols is 2. The molecule has 1 aliphatic rings. The maximum absolute atomic E-state index is 12.5. The molecule has 0 fully saturated rings. The summed E-state index contributed by atoms with van der Waals surface area (Å²) in [6, 6.07) is 6.01. The summed E-state index contributed by atoms with van der Waals surface area (Å²) in [5.41, 5.74) is 2.55. The van der Waals surface area contributed by atoms with E-state index in [9.17, 15) is 15.0 Å². The van der Waals surface area contributed by atoms with Crippen molar-refractivity contribution in [2.24, 2.45) is 0 Å².